The van der Waals surface area contributed by atoms with Gasteiger partial charge in [0.15, 0.2) is 0 Å². The fraction of sp³-hybridized carbons (Fsp3) is 0.476. The number of aromatic hydroxyl groups is 1. The van der Waals surface area contributed by atoms with Gasteiger partial charge >= 0.3 is 17.9 Å². The molecule has 1 saturated heterocycles. The molecule has 12 heteroatoms. The molecule has 0 unspecified atom stereocenters. The molecule has 0 atom stereocenters. The summed E-state index contributed by atoms with van der Waals surface area (Å²) in [5.74, 6) is 0.152. The Hall–Kier alpha value is -3.83. The van der Waals surface area contributed by atoms with Gasteiger partial charge in [0.1, 0.15) is 17.0 Å². The number of nitrogens with one attached hydrogen (secondary N) is 2. The van der Waals surface area contributed by atoms with E-state index in [1.54, 1.807) is 27.9 Å². The summed E-state index contributed by atoms with van der Waals surface area (Å²) in [4.78, 5) is 47.4. The van der Waals surface area contributed by atoms with Gasteiger partial charge in [-0.05, 0) is 45.0 Å². The minimum absolute atomic E-state index is 0.0250. The first-order valence-corrected chi connectivity index (χ1v) is 10.4. The lowest BCUT2D eigenvalue weighted by atomic mass is 10.2. The third kappa shape index (κ3) is 6.11. The van der Waals surface area contributed by atoms with Gasteiger partial charge in [-0.3, -0.25) is 0 Å². The average molecular weight is 463 g/mol. The fourth-order valence-electron chi connectivity index (χ4n) is 3.21. The Morgan fingerprint density at radius 2 is 1.76 bits per heavy atom. The van der Waals surface area contributed by atoms with Crippen LogP contribution in [0, 0.1) is 0 Å². The Labute approximate surface area is 190 Å². The molecule has 0 saturated carbocycles. The first-order chi connectivity index (χ1) is 15.6. The van der Waals surface area contributed by atoms with E-state index < -0.39 is 29.4 Å². The van der Waals surface area contributed by atoms with E-state index in [4.69, 9.17) is 14.3 Å². The molecule has 1 aromatic carbocycles. The largest absolute Gasteiger partial charge is 0.497 e. The predicted octanol–water partition coefficient (Wildman–Crippen LogP) is 1.29. The van der Waals surface area contributed by atoms with Crippen molar-refractivity contribution in [3.8, 4) is 11.6 Å². The molecule has 0 aliphatic carbocycles. The molecule has 2 heterocycles. The molecule has 3 rings (SSSR count). The zero-order chi connectivity index (χ0) is 24.2. The van der Waals surface area contributed by atoms with E-state index in [0.717, 1.165) is 11.4 Å². The summed E-state index contributed by atoms with van der Waals surface area (Å²) in [5.41, 5.74) is -0.564. The van der Waals surface area contributed by atoms with Gasteiger partial charge in [-0.25, -0.2) is 14.4 Å². The summed E-state index contributed by atoms with van der Waals surface area (Å²) >= 11 is 0. The third-order valence-corrected chi connectivity index (χ3v) is 4.86. The van der Waals surface area contributed by atoms with Crippen LogP contribution >= 0.6 is 0 Å². The second-order valence-electron chi connectivity index (χ2n) is 8.41. The quantitative estimate of drug-likeness (QED) is 0.603. The highest BCUT2D eigenvalue weighted by Crippen LogP contribution is 2.20. The molecule has 2 amide bonds. The van der Waals surface area contributed by atoms with Crippen LogP contribution in [0.5, 0.6) is 11.6 Å². The van der Waals surface area contributed by atoms with Crippen molar-refractivity contribution in [2.75, 3.05) is 38.2 Å². The van der Waals surface area contributed by atoms with Crippen molar-refractivity contribution in [3.05, 3.63) is 40.4 Å². The Balaban J connectivity index is 1.55. The van der Waals surface area contributed by atoms with Gasteiger partial charge in [-0.2, -0.15) is 0 Å². The van der Waals surface area contributed by atoms with Crippen LogP contribution in [-0.4, -0.2) is 70.8 Å². The van der Waals surface area contributed by atoms with Crippen LogP contribution in [0.2, 0.25) is 0 Å². The molecule has 3 N–H and O–H groups in total. The van der Waals surface area contributed by atoms with Crippen molar-refractivity contribution in [1.82, 2.24) is 19.9 Å². The maximum atomic E-state index is 12.5. The summed E-state index contributed by atoms with van der Waals surface area (Å²) in [6.07, 6.45) is -1.49. The number of piperazine rings is 1. The van der Waals surface area contributed by atoms with Crippen molar-refractivity contribution < 1.29 is 29.0 Å². The third-order valence-electron chi connectivity index (χ3n) is 4.86. The van der Waals surface area contributed by atoms with E-state index in [1.165, 1.54) is 4.90 Å². The number of benzene rings is 1. The minimum Gasteiger partial charge on any atom is -0.497 e. The number of nitrogens with zero attached hydrogens (tertiary/aromatic N) is 3. The van der Waals surface area contributed by atoms with E-state index in [0.29, 0.717) is 30.9 Å². The molecule has 33 heavy (non-hydrogen) atoms. The minimum atomic E-state index is -0.848. The smallest absolute Gasteiger partial charge is 0.434 e. The number of imidazole rings is 1. The Morgan fingerprint density at radius 1 is 1.12 bits per heavy atom. The van der Waals surface area contributed by atoms with Gasteiger partial charge in [0, 0.05) is 31.9 Å². The molecule has 0 radical (unpaired) electrons. The van der Waals surface area contributed by atoms with E-state index in [9.17, 15) is 19.5 Å². The molecule has 0 spiro atoms. The van der Waals surface area contributed by atoms with Crippen molar-refractivity contribution in [3.63, 3.8) is 0 Å². The monoisotopic (exact) mass is 463 g/mol. The number of rotatable bonds is 5. The Bertz CT molecular complexity index is 1030. The molecule has 2 aromatic rings. The summed E-state index contributed by atoms with van der Waals surface area (Å²) in [6.45, 7) is 6.79. The summed E-state index contributed by atoms with van der Waals surface area (Å²) in [5, 5.41) is 12.7. The number of aromatic nitrogens is 2. The molecule has 1 aromatic heterocycles. The Morgan fingerprint density at radius 3 is 2.33 bits per heavy atom. The van der Waals surface area contributed by atoms with Crippen molar-refractivity contribution in [2.24, 2.45) is 0 Å². The van der Waals surface area contributed by atoms with Crippen molar-refractivity contribution in [1.29, 1.82) is 0 Å². The van der Waals surface area contributed by atoms with E-state index in [2.05, 4.69) is 15.2 Å². The second kappa shape index (κ2) is 9.76. The molecule has 12 nitrogen and oxygen atoms in total. The van der Waals surface area contributed by atoms with Crippen LogP contribution in [0.15, 0.2) is 29.1 Å². The van der Waals surface area contributed by atoms with Crippen molar-refractivity contribution >= 4 is 17.9 Å². The van der Waals surface area contributed by atoms with E-state index in [-0.39, 0.29) is 12.2 Å². The summed E-state index contributed by atoms with van der Waals surface area (Å²) in [6, 6.07) is 7.62. The van der Waals surface area contributed by atoms with Crippen LogP contribution in [-0.2, 0) is 11.3 Å². The lowest BCUT2D eigenvalue weighted by molar-refractivity contribution is 0.0521. The number of aromatic amines is 1. The van der Waals surface area contributed by atoms with Crippen LogP contribution < -0.4 is 25.5 Å². The van der Waals surface area contributed by atoms with Gasteiger partial charge in [0.2, 0.25) is 0 Å². The number of hydrogen-bond acceptors (Lipinski definition) is 8. The summed E-state index contributed by atoms with van der Waals surface area (Å²) in [7, 11) is 1.60. The molecular weight excluding hydrogens is 434 g/mol. The molecular formula is C21H29N5O7. The molecule has 0 bridgehead atoms. The van der Waals surface area contributed by atoms with Crippen molar-refractivity contribution in [2.45, 2.75) is 32.9 Å². The number of carbonyl (C=O) groups excluding carboxylic acids is 2. The topological polar surface area (TPSA) is 138 Å². The maximum absolute atomic E-state index is 12.5. The standard InChI is InChI=1S/C21H29N5O7/c1-21(2,3)32-19(29)22-13-16-17(27)26(18(28)23-16)33-20(30)25-11-9-24(10-12-25)14-5-7-15(31-4)8-6-14/h5-8,27H,9-13H2,1-4H3,(H,22,29)(H,23,28). The zero-order valence-electron chi connectivity index (χ0n) is 19.1. The lowest BCUT2D eigenvalue weighted by Crippen LogP contribution is -2.51. The van der Waals surface area contributed by atoms with Gasteiger partial charge < -0.3 is 39.5 Å². The molecule has 1 aliphatic heterocycles. The van der Waals surface area contributed by atoms with Gasteiger partial charge in [0.05, 0.1) is 13.7 Å². The molecule has 1 aliphatic rings. The maximum Gasteiger partial charge on any atom is 0.434 e. The number of amides is 2. The van der Waals surface area contributed by atoms with Gasteiger partial charge in [-0.1, -0.05) is 4.73 Å². The predicted molar refractivity (Wildman–Crippen MR) is 119 cm³/mol. The van der Waals surface area contributed by atoms with Crippen LogP contribution in [0.25, 0.3) is 0 Å². The zero-order valence-corrected chi connectivity index (χ0v) is 19.1. The van der Waals surface area contributed by atoms with Gasteiger partial charge in [0.25, 0.3) is 5.88 Å². The first kappa shape index (κ1) is 23.8. The number of H-pyrrole nitrogens is 1. The van der Waals surface area contributed by atoms with E-state index >= 15 is 0 Å². The number of methoxy groups -OCH3 is 1. The van der Waals surface area contributed by atoms with E-state index in [1.807, 2.05) is 24.3 Å². The highest BCUT2D eigenvalue weighted by molar-refractivity contribution is 5.69. The van der Waals surface area contributed by atoms with Crippen LogP contribution in [0.4, 0.5) is 15.3 Å². The highest BCUT2D eigenvalue weighted by atomic mass is 16.7. The molecule has 180 valence electrons. The number of anilines is 1. The van der Waals surface area contributed by atoms with Gasteiger partial charge in [-0.15, -0.1) is 0 Å². The number of ether oxygens (including phenoxy) is 2. The second-order valence-corrected chi connectivity index (χ2v) is 8.41. The summed E-state index contributed by atoms with van der Waals surface area (Å²) < 4.78 is 10.7. The average Bonchev–Trinajstić information content (AvgIpc) is 3.04. The SMILES string of the molecule is COc1ccc(N2CCN(C(=O)On3c(O)c(CNC(=O)OC(C)(C)C)[nH]c3=O)CC2)cc1. The normalized spacial score (nSPS) is 14.1. The Kier molecular flexibility index (Phi) is 7.04. The number of hydrogen-bond donors (Lipinski definition) is 3. The lowest BCUT2D eigenvalue weighted by Gasteiger charge is -2.35. The number of carbonyl (C=O) groups is 2. The molecule has 1 fully saturated rings. The highest BCUT2D eigenvalue weighted by Gasteiger charge is 2.26. The fourth-order valence-corrected chi connectivity index (χ4v) is 3.21. The van der Waals surface area contributed by atoms with Crippen LogP contribution in [0.1, 0.15) is 26.5 Å². The first-order valence-electron chi connectivity index (χ1n) is 10.4. The number of alkyl carbamates (subject to hydrolysis) is 1. The van der Waals surface area contributed by atoms with Crippen LogP contribution in [0.3, 0.4) is 0 Å².